The van der Waals surface area contributed by atoms with Gasteiger partial charge in [-0.05, 0) is 36.8 Å². The van der Waals surface area contributed by atoms with Crippen molar-refractivity contribution in [3.05, 3.63) is 41.5 Å². The molecule has 1 aromatic carbocycles. The monoisotopic (exact) mass is 333 g/mol. The zero-order valence-electron chi connectivity index (χ0n) is 14.8. The van der Waals surface area contributed by atoms with Gasteiger partial charge in [0.1, 0.15) is 5.69 Å². The van der Waals surface area contributed by atoms with Crippen LogP contribution in [-0.4, -0.2) is 15.9 Å². The highest BCUT2D eigenvalue weighted by atomic mass is 19.1. The van der Waals surface area contributed by atoms with Gasteiger partial charge in [0, 0.05) is 12.7 Å². The Morgan fingerprint density at radius 1 is 1.33 bits per heavy atom. The maximum atomic E-state index is 13.9. The standard InChI is InChI=1S/C18H24FN3O2/c1-11(2)10-12(3)14-8-6-7-9-15(14)20-18(23)24-16-13(4)21-22(5)17(16)19/h6-9,11-12H,10H2,1-5H3,(H,20,23). The molecule has 1 atom stereocenters. The molecule has 1 heterocycles. The van der Waals surface area contributed by atoms with Crippen LogP contribution >= 0.6 is 0 Å². The Morgan fingerprint density at radius 2 is 2.00 bits per heavy atom. The third-order valence-corrected chi connectivity index (χ3v) is 3.85. The normalized spacial score (nSPS) is 12.3. The van der Waals surface area contributed by atoms with E-state index in [1.165, 1.54) is 7.05 Å². The van der Waals surface area contributed by atoms with Gasteiger partial charge in [0.25, 0.3) is 5.95 Å². The van der Waals surface area contributed by atoms with Crippen molar-refractivity contribution in [3.8, 4) is 5.75 Å². The molecule has 0 saturated heterocycles. The first-order valence-electron chi connectivity index (χ1n) is 8.06. The minimum absolute atomic E-state index is 0.150. The molecule has 2 aromatic rings. The second-order valence-electron chi connectivity index (χ2n) is 6.46. The highest BCUT2D eigenvalue weighted by Gasteiger charge is 2.19. The van der Waals surface area contributed by atoms with Gasteiger partial charge in [-0.3, -0.25) is 5.32 Å². The van der Waals surface area contributed by atoms with Gasteiger partial charge in [-0.1, -0.05) is 39.0 Å². The van der Waals surface area contributed by atoms with Gasteiger partial charge in [-0.25, -0.2) is 9.48 Å². The largest absolute Gasteiger partial charge is 0.417 e. The van der Waals surface area contributed by atoms with Crippen molar-refractivity contribution in [2.45, 2.75) is 40.0 Å². The first-order chi connectivity index (χ1) is 11.3. The fraction of sp³-hybridized carbons (Fsp3) is 0.444. The van der Waals surface area contributed by atoms with Crippen LogP contribution in [0.3, 0.4) is 0 Å². The summed E-state index contributed by atoms with van der Waals surface area (Å²) in [5.41, 5.74) is 2.04. The van der Waals surface area contributed by atoms with Crippen LogP contribution in [0.2, 0.25) is 0 Å². The van der Waals surface area contributed by atoms with Crippen LogP contribution in [0.5, 0.6) is 5.75 Å². The molecular formula is C18H24FN3O2. The van der Waals surface area contributed by atoms with E-state index >= 15 is 0 Å². The summed E-state index contributed by atoms with van der Waals surface area (Å²) in [4.78, 5) is 12.2. The molecule has 0 radical (unpaired) electrons. The van der Waals surface area contributed by atoms with E-state index in [1.54, 1.807) is 6.92 Å². The SMILES string of the molecule is Cc1nn(C)c(F)c1OC(=O)Nc1ccccc1C(C)CC(C)C. The van der Waals surface area contributed by atoms with E-state index in [2.05, 4.69) is 31.2 Å². The van der Waals surface area contributed by atoms with Crippen molar-refractivity contribution in [1.82, 2.24) is 9.78 Å². The lowest BCUT2D eigenvalue weighted by molar-refractivity contribution is 0.212. The number of carbonyl (C=O) groups excluding carboxylic acids is 1. The topological polar surface area (TPSA) is 56.2 Å². The number of amides is 1. The van der Waals surface area contributed by atoms with E-state index in [-0.39, 0.29) is 5.75 Å². The van der Waals surface area contributed by atoms with Gasteiger partial charge >= 0.3 is 6.09 Å². The van der Waals surface area contributed by atoms with Gasteiger partial charge in [-0.15, -0.1) is 0 Å². The average molecular weight is 333 g/mol. The van der Waals surface area contributed by atoms with Crippen molar-refractivity contribution in [2.75, 3.05) is 5.32 Å². The molecule has 0 aliphatic heterocycles. The first kappa shape index (κ1) is 18.0. The summed E-state index contributed by atoms with van der Waals surface area (Å²) in [6, 6.07) is 7.59. The molecule has 0 aliphatic carbocycles. The molecule has 0 bridgehead atoms. The molecule has 130 valence electrons. The number of benzene rings is 1. The number of rotatable bonds is 5. The third kappa shape index (κ3) is 4.13. The number of aryl methyl sites for hydroxylation is 2. The molecular weight excluding hydrogens is 309 g/mol. The zero-order chi connectivity index (χ0) is 17.9. The van der Waals surface area contributed by atoms with E-state index in [0.29, 0.717) is 23.2 Å². The van der Waals surface area contributed by atoms with Crippen LogP contribution in [0.4, 0.5) is 14.9 Å². The maximum absolute atomic E-state index is 13.9. The fourth-order valence-corrected chi connectivity index (χ4v) is 2.83. The van der Waals surface area contributed by atoms with Crippen LogP contribution in [0.1, 0.15) is 44.4 Å². The van der Waals surface area contributed by atoms with Gasteiger partial charge in [0.05, 0.1) is 0 Å². The Balaban J connectivity index is 2.15. The molecule has 1 unspecified atom stereocenters. The molecule has 0 saturated carbocycles. The fourth-order valence-electron chi connectivity index (χ4n) is 2.83. The van der Waals surface area contributed by atoms with Gasteiger partial charge in [0.2, 0.25) is 5.75 Å². The summed E-state index contributed by atoms with van der Waals surface area (Å²) in [6.45, 7) is 8.03. The number of nitrogens with zero attached hydrogens (tertiary/aromatic N) is 2. The number of para-hydroxylation sites is 1. The minimum Gasteiger partial charge on any atom is -0.403 e. The summed E-state index contributed by atoms with van der Waals surface area (Å²) in [6.07, 6.45) is 0.276. The number of hydrogen-bond donors (Lipinski definition) is 1. The molecule has 24 heavy (non-hydrogen) atoms. The molecule has 0 aliphatic rings. The number of nitrogens with one attached hydrogen (secondary N) is 1. The lowest BCUT2D eigenvalue weighted by atomic mass is 9.91. The maximum Gasteiger partial charge on any atom is 0.417 e. The number of halogens is 1. The Hall–Kier alpha value is -2.37. The summed E-state index contributed by atoms with van der Waals surface area (Å²) in [5, 5.41) is 6.60. The van der Waals surface area contributed by atoms with Crippen LogP contribution in [-0.2, 0) is 7.05 Å². The van der Waals surface area contributed by atoms with Crippen molar-refractivity contribution in [1.29, 1.82) is 0 Å². The first-order valence-corrected chi connectivity index (χ1v) is 8.06. The van der Waals surface area contributed by atoms with Crippen molar-refractivity contribution < 1.29 is 13.9 Å². The zero-order valence-corrected chi connectivity index (χ0v) is 14.8. The highest BCUT2D eigenvalue weighted by molar-refractivity contribution is 5.87. The van der Waals surface area contributed by atoms with E-state index in [4.69, 9.17) is 4.74 Å². The molecule has 1 N–H and O–H groups in total. The second kappa shape index (κ2) is 7.47. The summed E-state index contributed by atoms with van der Waals surface area (Å²) in [5.74, 6) is 0.0114. The Kier molecular flexibility index (Phi) is 5.59. The minimum atomic E-state index is -0.728. The Morgan fingerprint density at radius 3 is 2.58 bits per heavy atom. The van der Waals surface area contributed by atoms with Crippen molar-refractivity contribution in [2.24, 2.45) is 13.0 Å². The lowest BCUT2D eigenvalue weighted by Gasteiger charge is -2.18. The van der Waals surface area contributed by atoms with Crippen molar-refractivity contribution >= 4 is 11.8 Å². The van der Waals surface area contributed by atoms with Crippen LogP contribution in [0.25, 0.3) is 0 Å². The predicted octanol–water partition coefficient (Wildman–Crippen LogP) is 4.63. The number of hydrogen-bond acceptors (Lipinski definition) is 3. The number of ether oxygens (including phenoxy) is 1. The quantitative estimate of drug-likeness (QED) is 0.868. The van der Waals surface area contributed by atoms with Gasteiger partial charge < -0.3 is 4.74 Å². The lowest BCUT2D eigenvalue weighted by Crippen LogP contribution is -2.19. The second-order valence-corrected chi connectivity index (χ2v) is 6.46. The van der Waals surface area contributed by atoms with Crippen molar-refractivity contribution in [3.63, 3.8) is 0 Å². The predicted molar refractivity (Wildman–Crippen MR) is 91.9 cm³/mol. The summed E-state index contributed by atoms with van der Waals surface area (Å²) < 4.78 is 20.0. The molecule has 0 fully saturated rings. The Bertz CT molecular complexity index is 725. The number of carbonyl (C=O) groups is 1. The van der Waals surface area contributed by atoms with E-state index in [9.17, 15) is 9.18 Å². The van der Waals surface area contributed by atoms with Crippen LogP contribution < -0.4 is 10.1 Å². The third-order valence-electron chi connectivity index (χ3n) is 3.85. The molecule has 6 heteroatoms. The van der Waals surface area contributed by atoms with Crippen LogP contribution in [0.15, 0.2) is 24.3 Å². The van der Waals surface area contributed by atoms with Crippen LogP contribution in [0, 0.1) is 18.8 Å². The molecule has 2 rings (SSSR count). The smallest absolute Gasteiger partial charge is 0.403 e. The van der Waals surface area contributed by atoms with E-state index in [0.717, 1.165) is 16.7 Å². The number of anilines is 1. The molecule has 0 spiro atoms. The van der Waals surface area contributed by atoms with Gasteiger partial charge in [-0.2, -0.15) is 9.49 Å². The van der Waals surface area contributed by atoms with E-state index in [1.807, 2.05) is 24.3 Å². The van der Waals surface area contributed by atoms with Gasteiger partial charge in [0.15, 0.2) is 0 Å². The molecule has 1 aromatic heterocycles. The van der Waals surface area contributed by atoms with E-state index < -0.39 is 12.0 Å². The average Bonchev–Trinajstić information content (AvgIpc) is 2.73. The molecule has 5 nitrogen and oxygen atoms in total. The Labute approximate surface area is 141 Å². The number of aromatic nitrogens is 2. The highest BCUT2D eigenvalue weighted by Crippen LogP contribution is 2.29. The molecule has 1 amide bonds. The summed E-state index contributed by atoms with van der Waals surface area (Å²) in [7, 11) is 1.45. The summed E-state index contributed by atoms with van der Waals surface area (Å²) >= 11 is 0.